The smallest absolute Gasteiger partial charge is 0.0745 e. The van der Waals surface area contributed by atoms with Gasteiger partial charge >= 0.3 is 0 Å². The van der Waals surface area contributed by atoms with Gasteiger partial charge in [0.25, 0.3) is 0 Å². The molecule has 0 aliphatic heterocycles. The molecule has 1 aromatic heterocycles. The number of halogens is 1. The van der Waals surface area contributed by atoms with E-state index in [9.17, 15) is 0 Å². The highest BCUT2D eigenvalue weighted by Gasteiger charge is 2.10. The molecule has 0 nitrogen and oxygen atoms in total. The third kappa shape index (κ3) is 4.12. The van der Waals surface area contributed by atoms with E-state index >= 15 is 0 Å². The van der Waals surface area contributed by atoms with E-state index in [-0.39, 0.29) is 0 Å². The molecule has 20 heavy (non-hydrogen) atoms. The Hall–Kier alpha value is -0.250. The Bertz CT molecular complexity index is 546. The van der Waals surface area contributed by atoms with Crippen LogP contribution in [0.25, 0.3) is 10.4 Å². The molecule has 2 rings (SSSR count). The number of thiol groups is 1. The lowest BCUT2D eigenvalue weighted by molar-refractivity contribution is 0.667. The summed E-state index contributed by atoms with van der Waals surface area (Å²) in [4.78, 5) is 1.35. The van der Waals surface area contributed by atoms with Gasteiger partial charge in [-0.3, -0.25) is 0 Å². The zero-order valence-electron chi connectivity index (χ0n) is 11.9. The minimum Gasteiger partial charge on any atom is -0.174 e. The normalized spacial score (nSPS) is 10.9. The maximum atomic E-state index is 4.39. The first kappa shape index (κ1) is 16.1. The summed E-state index contributed by atoms with van der Waals surface area (Å²) in [5.41, 5.74) is 4.15. The van der Waals surface area contributed by atoms with Crippen molar-refractivity contribution in [2.75, 3.05) is 0 Å². The van der Waals surface area contributed by atoms with Crippen LogP contribution >= 0.6 is 39.9 Å². The molecule has 0 bridgehead atoms. The quantitative estimate of drug-likeness (QED) is 0.406. The van der Waals surface area contributed by atoms with Gasteiger partial charge in [-0.15, -0.1) is 11.3 Å². The maximum Gasteiger partial charge on any atom is 0.0745 e. The summed E-state index contributed by atoms with van der Waals surface area (Å²) >= 11 is 9.85. The Balaban J connectivity index is 2.18. The van der Waals surface area contributed by atoms with Gasteiger partial charge in [0.05, 0.1) is 3.79 Å². The van der Waals surface area contributed by atoms with Gasteiger partial charge in [0.2, 0.25) is 0 Å². The van der Waals surface area contributed by atoms with Crippen LogP contribution in [-0.2, 0) is 12.2 Å². The van der Waals surface area contributed by atoms with E-state index in [0.29, 0.717) is 0 Å². The number of hydrogen-bond donors (Lipinski definition) is 1. The highest BCUT2D eigenvalue weighted by atomic mass is 79.9. The fourth-order valence-electron chi connectivity index (χ4n) is 2.37. The molecule has 0 fully saturated rings. The molecule has 0 spiro atoms. The molecule has 1 aromatic carbocycles. The second kappa shape index (κ2) is 8.26. The van der Waals surface area contributed by atoms with Gasteiger partial charge in [0, 0.05) is 10.6 Å². The number of aryl methyl sites for hydroxylation is 1. The minimum absolute atomic E-state index is 0.787. The fourth-order valence-corrected chi connectivity index (χ4v) is 4.68. The third-order valence-corrected chi connectivity index (χ3v) is 5.84. The number of unbranched alkanes of at least 4 members (excludes halogenated alkanes) is 3. The van der Waals surface area contributed by atoms with E-state index in [1.54, 1.807) is 0 Å². The van der Waals surface area contributed by atoms with Crippen molar-refractivity contribution in [3.63, 3.8) is 0 Å². The first-order valence-electron chi connectivity index (χ1n) is 7.23. The first-order valence-corrected chi connectivity index (χ1v) is 9.47. The molecule has 3 heteroatoms. The molecule has 0 radical (unpaired) electrons. The summed E-state index contributed by atoms with van der Waals surface area (Å²) in [6, 6.07) is 11.1. The van der Waals surface area contributed by atoms with Crippen LogP contribution in [0.5, 0.6) is 0 Å². The molecule has 0 N–H and O–H groups in total. The molecular weight excluding hydrogens is 348 g/mol. The zero-order chi connectivity index (χ0) is 14.4. The van der Waals surface area contributed by atoms with Crippen molar-refractivity contribution >= 4 is 39.9 Å². The van der Waals surface area contributed by atoms with Crippen molar-refractivity contribution in [3.8, 4) is 10.4 Å². The SMILES string of the molecule is CCCCCCc1ccccc1-c1cc(CS)c(Br)s1. The standard InChI is InChI=1S/C17H21BrS2/c1-2-3-4-5-8-13-9-6-7-10-15(13)16-11-14(12-19)17(18)20-16/h6-7,9-11,19H,2-5,8,12H2,1H3. The highest BCUT2D eigenvalue weighted by Crippen LogP contribution is 2.37. The molecule has 0 unspecified atom stereocenters. The molecular formula is C17H21BrS2. The molecule has 2 aromatic rings. The lowest BCUT2D eigenvalue weighted by Crippen LogP contribution is -1.89. The van der Waals surface area contributed by atoms with Crippen LogP contribution < -0.4 is 0 Å². The summed E-state index contributed by atoms with van der Waals surface area (Å²) in [6.07, 6.45) is 6.45. The zero-order valence-corrected chi connectivity index (χ0v) is 15.2. The van der Waals surface area contributed by atoms with Gasteiger partial charge in [0.15, 0.2) is 0 Å². The average Bonchev–Trinajstić information content (AvgIpc) is 2.85. The number of rotatable bonds is 7. The number of benzene rings is 1. The van der Waals surface area contributed by atoms with E-state index in [2.05, 4.69) is 65.8 Å². The van der Waals surface area contributed by atoms with Crippen LogP contribution in [0.2, 0.25) is 0 Å². The molecule has 108 valence electrons. The maximum absolute atomic E-state index is 4.39. The van der Waals surface area contributed by atoms with E-state index in [1.165, 1.54) is 57.5 Å². The Morgan fingerprint density at radius 1 is 1.10 bits per heavy atom. The monoisotopic (exact) mass is 368 g/mol. The predicted molar refractivity (Wildman–Crippen MR) is 98.0 cm³/mol. The molecule has 0 aliphatic rings. The van der Waals surface area contributed by atoms with Crippen molar-refractivity contribution in [2.24, 2.45) is 0 Å². The fraction of sp³-hybridized carbons (Fsp3) is 0.412. The average molecular weight is 369 g/mol. The van der Waals surface area contributed by atoms with E-state index in [1.807, 2.05) is 11.3 Å². The molecule has 0 aliphatic carbocycles. The van der Waals surface area contributed by atoms with Gasteiger partial charge in [0.1, 0.15) is 0 Å². The van der Waals surface area contributed by atoms with Gasteiger partial charge in [-0.1, -0.05) is 50.5 Å². The topological polar surface area (TPSA) is 0 Å². The summed E-state index contributed by atoms with van der Waals surface area (Å²) in [5, 5.41) is 0. The third-order valence-electron chi connectivity index (χ3n) is 3.51. The second-order valence-corrected chi connectivity index (χ2v) is 7.72. The highest BCUT2D eigenvalue weighted by molar-refractivity contribution is 9.11. The van der Waals surface area contributed by atoms with Crippen molar-refractivity contribution in [3.05, 3.63) is 45.2 Å². The summed E-state index contributed by atoms with van der Waals surface area (Å²) in [7, 11) is 0. The summed E-state index contributed by atoms with van der Waals surface area (Å²) in [5.74, 6) is 0.787. The Morgan fingerprint density at radius 3 is 2.60 bits per heavy atom. The van der Waals surface area contributed by atoms with E-state index in [0.717, 1.165) is 5.75 Å². The Kier molecular flexibility index (Phi) is 6.66. The van der Waals surface area contributed by atoms with Crippen LogP contribution in [0, 0.1) is 0 Å². The van der Waals surface area contributed by atoms with Crippen molar-refractivity contribution < 1.29 is 0 Å². The minimum atomic E-state index is 0.787. The van der Waals surface area contributed by atoms with Crippen LogP contribution in [-0.4, -0.2) is 0 Å². The van der Waals surface area contributed by atoms with Gasteiger partial charge in [-0.05, 0) is 51.5 Å². The number of thiophene rings is 1. The van der Waals surface area contributed by atoms with Crippen LogP contribution in [0.3, 0.4) is 0 Å². The van der Waals surface area contributed by atoms with Crippen LogP contribution in [0.1, 0.15) is 43.7 Å². The summed E-state index contributed by atoms with van der Waals surface area (Å²) < 4.78 is 1.21. The Labute approximate surface area is 140 Å². The molecule has 0 saturated heterocycles. The van der Waals surface area contributed by atoms with Crippen molar-refractivity contribution in [2.45, 2.75) is 44.8 Å². The second-order valence-electron chi connectivity index (χ2n) is 5.04. The molecule has 0 saturated carbocycles. The largest absolute Gasteiger partial charge is 0.174 e. The molecule has 0 atom stereocenters. The number of hydrogen-bond acceptors (Lipinski definition) is 2. The van der Waals surface area contributed by atoms with Gasteiger partial charge < -0.3 is 0 Å². The van der Waals surface area contributed by atoms with Crippen LogP contribution in [0.15, 0.2) is 34.1 Å². The van der Waals surface area contributed by atoms with E-state index < -0.39 is 0 Å². The van der Waals surface area contributed by atoms with Gasteiger partial charge in [-0.25, -0.2) is 0 Å². The predicted octanol–water partition coefficient (Wildman–Crippen LogP) is 6.73. The molecule has 1 heterocycles. The van der Waals surface area contributed by atoms with E-state index in [4.69, 9.17) is 0 Å². The van der Waals surface area contributed by atoms with Crippen molar-refractivity contribution in [1.29, 1.82) is 0 Å². The van der Waals surface area contributed by atoms with Crippen molar-refractivity contribution in [1.82, 2.24) is 0 Å². The molecule has 0 amide bonds. The van der Waals surface area contributed by atoms with Gasteiger partial charge in [-0.2, -0.15) is 12.6 Å². The lowest BCUT2D eigenvalue weighted by Gasteiger charge is -2.07. The first-order chi connectivity index (χ1) is 9.76. The van der Waals surface area contributed by atoms with Crippen LogP contribution in [0.4, 0.5) is 0 Å². The lowest BCUT2D eigenvalue weighted by atomic mass is 10.00. The Morgan fingerprint density at radius 2 is 1.90 bits per heavy atom. The summed E-state index contributed by atoms with van der Waals surface area (Å²) in [6.45, 7) is 2.26.